The van der Waals surface area contributed by atoms with E-state index in [4.69, 9.17) is 0 Å². The zero-order chi connectivity index (χ0) is 18.2. The second kappa shape index (κ2) is 9.60. The molecular formula is C21H31N3O2. The lowest BCUT2D eigenvalue weighted by Crippen LogP contribution is -2.54. The van der Waals surface area contributed by atoms with Gasteiger partial charge in [0, 0.05) is 25.6 Å². The topological polar surface area (TPSA) is 61.4 Å². The highest BCUT2D eigenvalue weighted by Gasteiger charge is 2.28. The van der Waals surface area contributed by atoms with Crippen LogP contribution in [0.2, 0.25) is 0 Å². The lowest BCUT2D eigenvalue weighted by molar-refractivity contribution is -0.134. The molecule has 2 fully saturated rings. The Kier molecular flexibility index (Phi) is 6.92. The van der Waals surface area contributed by atoms with Gasteiger partial charge in [-0.05, 0) is 37.7 Å². The average Bonchev–Trinajstić information content (AvgIpc) is 2.69. The monoisotopic (exact) mass is 357 g/mol. The van der Waals surface area contributed by atoms with Gasteiger partial charge in [-0.25, -0.2) is 4.79 Å². The molecule has 1 saturated heterocycles. The van der Waals surface area contributed by atoms with E-state index in [0.717, 1.165) is 44.3 Å². The van der Waals surface area contributed by atoms with Gasteiger partial charge in [-0.15, -0.1) is 0 Å². The van der Waals surface area contributed by atoms with Gasteiger partial charge in [0.2, 0.25) is 5.91 Å². The number of amides is 3. The molecule has 0 unspecified atom stereocenters. The molecule has 1 aromatic carbocycles. The van der Waals surface area contributed by atoms with Crippen LogP contribution in [0.3, 0.4) is 0 Å². The van der Waals surface area contributed by atoms with E-state index < -0.39 is 6.04 Å². The van der Waals surface area contributed by atoms with Crippen molar-refractivity contribution in [1.82, 2.24) is 15.5 Å². The maximum atomic E-state index is 13.0. The third-order valence-electron chi connectivity index (χ3n) is 5.49. The number of nitrogens with zero attached hydrogens (tertiary/aromatic N) is 1. The number of hydrogen-bond acceptors (Lipinski definition) is 2. The molecule has 0 radical (unpaired) electrons. The minimum Gasteiger partial charge on any atom is -0.341 e. The molecule has 1 aliphatic carbocycles. The first kappa shape index (κ1) is 18.7. The van der Waals surface area contributed by atoms with Gasteiger partial charge < -0.3 is 15.5 Å². The number of hydrogen-bond donors (Lipinski definition) is 2. The van der Waals surface area contributed by atoms with Crippen LogP contribution < -0.4 is 10.6 Å². The van der Waals surface area contributed by atoms with Gasteiger partial charge in [-0.1, -0.05) is 49.6 Å². The van der Waals surface area contributed by atoms with E-state index in [1.54, 1.807) is 0 Å². The van der Waals surface area contributed by atoms with Crippen LogP contribution in [-0.2, 0) is 11.2 Å². The molecule has 1 aliphatic heterocycles. The Morgan fingerprint density at radius 3 is 2.31 bits per heavy atom. The average molecular weight is 357 g/mol. The summed E-state index contributed by atoms with van der Waals surface area (Å²) in [4.78, 5) is 27.4. The van der Waals surface area contributed by atoms with Crippen molar-refractivity contribution in [2.45, 2.75) is 69.9 Å². The molecule has 3 amide bonds. The molecule has 1 heterocycles. The van der Waals surface area contributed by atoms with E-state index in [2.05, 4.69) is 10.6 Å². The van der Waals surface area contributed by atoms with Gasteiger partial charge >= 0.3 is 6.03 Å². The lowest BCUT2D eigenvalue weighted by Gasteiger charge is -2.31. The Morgan fingerprint density at radius 1 is 0.962 bits per heavy atom. The van der Waals surface area contributed by atoms with E-state index in [9.17, 15) is 9.59 Å². The van der Waals surface area contributed by atoms with Crippen LogP contribution in [0, 0.1) is 0 Å². The summed E-state index contributed by atoms with van der Waals surface area (Å²) in [5, 5.41) is 6.04. The van der Waals surface area contributed by atoms with E-state index in [0.29, 0.717) is 6.42 Å². The van der Waals surface area contributed by atoms with E-state index in [1.165, 1.54) is 25.7 Å². The van der Waals surface area contributed by atoms with Gasteiger partial charge in [-0.2, -0.15) is 0 Å². The number of likely N-dealkylation sites (tertiary alicyclic amines) is 1. The smallest absolute Gasteiger partial charge is 0.315 e. The maximum Gasteiger partial charge on any atom is 0.315 e. The van der Waals surface area contributed by atoms with Crippen molar-refractivity contribution in [3.63, 3.8) is 0 Å². The van der Waals surface area contributed by atoms with Crippen molar-refractivity contribution in [2.24, 2.45) is 0 Å². The van der Waals surface area contributed by atoms with E-state index in [-0.39, 0.29) is 18.0 Å². The van der Waals surface area contributed by atoms with Crippen LogP contribution in [0.1, 0.15) is 56.9 Å². The minimum atomic E-state index is -0.501. The highest BCUT2D eigenvalue weighted by Crippen LogP contribution is 2.17. The van der Waals surface area contributed by atoms with Crippen LogP contribution in [0.4, 0.5) is 4.79 Å². The van der Waals surface area contributed by atoms with Crippen LogP contribution in [-0.4, -0.2) is 42.0 Å². The molecule has 3 rings (SSSR count). The van der Waals surface area contributed by atoms with E-state index >= 15 is 0 Å². The maximum absolute atomic E-state index is 13.0. The molecule has 2 aliphatic rings. The Hall–Kier alpha value is -2.04. The third kappa shape index (κ3) is 5.48. The number of rotatable bonds is 5. The zero-order valence-electron chi connectivity index (χ0n) is 15.6. The molecule has 2 N–H and O–H groups in total. The molecule has 0 spiro atoms. The first-order valence-electron chi connectivity index (χ1n) is 10.1. The number of nitrogens with one attached hydrogen (secondary N) is 2. The van der Waals surface area contributed by atoms with Crippen LogP contribution >= 0.6 is 0 Å². The minimum absolute atomic E-state index is 0.0485. The Labute approximate surface area is 156 Å². The fraction of sp³-hybridized carbons (Fsp3) is 0.619. The van der Waals surface area contributed by atoms with Crippen molar-refractivity contribution >= 4 is 11.9 Å². The number of carbonyl (C=O) groups excluding carboxylic acids is 2. The lowest BCUT2D eigenvalue weighted by atomic mass is 9.96. The van der Waals surface area contributed by atoms with Crippen molar-refractivity contribution in [1.29, 1.82) is 0 Å². The Balaban J connectivity index is 1.63. The second-order valence-corrected chi connectivity index (χ2v) is 7.58. The van der Waals surface area contributed by atoms with Crippen molar-refractivity contribution < 1.29 is 9.59 Å². The number of benzene rings is 1. The van der Waals surface area contributed by atoms with Gasteiger partial charge in [0.05, 0.1) is 0 Å². The van der Waals surface area contributed by atoms with Gasteiger partial charge in [-0.3, -0.25) is 4.79 Å². The van der Waals surface area contributed by atoms with Crippen molar-refractivity contribution in [3.8, 4) is 0 Å². The summed E-state index contributed by atoms with van der Waals surface area (Å²) in [7, 11) is 0. The first-order valence-corrected chi connectivity index (χ1v) is 10.1. The molecule has 26 heavy (non-hydrogen) atoms. The molecule has 0 aromatic heterocycles. The van der Waals surface area contributed by atoms with Crippen LogP contribution in [0.25, 0.3) is 0 Å². The summed E-state index contributed by atoms with van der Waals surface area (Å²) in [6.45, 7) is 1.60. The zero-order valence-corrected chi connectivity index (χ0v) is 15.6. The van der Waals surface area contributed by atoms with Crippen LogP contribution in [0.15, 0.2) is 30.3 Å². The Morgan fingerprint density at radius 2 is 1.62 bits per heavy atom. The fourth-order valence-electron chi connectivity index (χ4n) is 4.02. The van der Waals surface area contributed by atoms with Gasteiger partial charge in [0.1, 0.15) is 6.04 Å². The number of urea groups is 1. The predicted octanol–water partition coefficient (Wildman–Crippen LogP) is 3.24. The van der Waals surface area contributed by atoms with Gasteiger partial charge in [0.25, 0.3) is 0 Å². The summed E-state index contributed by atoms with van der Waals surface area (Å²) in [5.41, 5.74) is 1.07. The number of piperidine rings is 1. The Bertz CT molecular complexity index is 578. The molecule has 0 bridgehead atoms. The SMILES string of the molecule is O=C(NC1CCCCC1)N[C@@H](Cc1ccccc1)C(=O)N1CCCCC1. The molecule has 142 valence electrons. The highest BCUT2D eigenvalue weighted by atomic mass is 16.2. The summed E-state index contributed by atoms with van der Waals surface area (Å²) < 4.78 is 0. The molecule has 1 aromatic rings. The summed E-state index contributed by atoms with van der Waals surface area (Å²) in [6, 6.07) is 9.47. The largest absolute Gasteiger partial charge is 0.341 e. The standard InChI is InChI=1S/C21H31N3O2/c25-20(24-14-8-3-9-15-24)19(16-17-10-4-1-5-11-17)23-21(26)22-18-12-6-2-7-13-18/h1,4-5,10-11,18-19H,2-3,6-9,12-16H2,(H2,22,23,26)/t19-/m0/s1. The molecular weight excluding hydrogens is 326 g/mol. The summed E-state index contributed by atoms with van der Waals surface area (Å²) >= 11 is 0. The van der Waals surface area contributed by atoms with Crippen LogP contribution in [0.5, 0.6) is 0 Å². The van der Waals surface area contributed by atoms with Gasteiger partial charge in [0.15, 0.2) is 0 Å². The molecule has 5 nitrogen and oxygen atoms in total. The molecule has 1 saturated carbocycles. The second-order valence-electron chi connectivity index (χ2n) is 7.58. The van der Waals surface area contributed by atoms with E-state index in [1.807, 2.05) is 35.2 Å². The quantitative estimate of drug-likeness (QED) is 0.850. The highest BCUT2D eigenvalue weighted by molar-refractivity contribution is 5.87. The normalized spacial score (nSPS) is 19.6. The predicted molar refractivity (Wildman–Crippen MR) is 103 cm³/mol. The fourth-order valence-corrected chi connectivity index (χ4v) is 4.02. The summed E-state index contributed by atoms with van der Waals surface area (Å²) in [5.74, 6) is 0.0485. The van der Waals surface area contributed by atoms with Crippen molar-refractivity contribution in [3.05, 3.63) is 35.9 Å². The van der Waals surface area contributed by atoms with Crippen molar-refractivity contribution in [2.75, 3.05) is 13.1 Å². The number of carbonyl (C=O) groups is 2. The third-order valence-corrected chi connectivity index (χ3v) is 5.49. The summed E-state index contributed by atoms with van der Waals surface area (Å²) in [6.07, 6.45) is 9.50. The first-order chi connectivity index (χ1) is 12.7. The molecule has 1 atom stereocenters. The molecule has 5 heteroatoms.